The van der Waals surface area contributed by atoms with Crippen LogP contribution in [0.3, 0.4) is 0 Å². The van der Waals surface area contributed by atoms with Crippen molar-refractivity contribution in [3.63, 3.8) is 0 Å². The van der Waals surface area contributed by atoms with E-state index in [9.17, 15) is 14.4 Å². The van der Waals surface area contributed by atoms with Gasteiger partial charge in [-0.1, -0.05) is 76.2 Å². The molecule has 1 heterocycles. The van der Waals surface area contributed by atoms with Crippen LogP contribution in [0.15, 0.2) is 0 Å². The first kappa shape index (κ1) is 20.5. The van der Waals surface area contributed by atoms with E-state index in [-0.39, 0.29) is 19.4 Å². The SMILES string of the molecule is CCCCCCCCCCCCCOC(=O)ON1C(=O)CCC1=O. The van der Waals surface area contributed by atoms with Gasteiger partial charge in [-0.3, -0.25) is 14.4 Å². The molecule has 0 aromatic carbocycles. The first-order valence-electron chi connectivity index (χ1n) is 9.35. The molecule has 0 bridgehead atoms. The molecular weight excluding hydrogens is 310 g/mol. The lowest BCUT2D eigenvalue weighted by molar-refractivity contribution is -0.177. The molecule has 24 heavy (non-hydrogen) atoms. The summed E-state index contributed by atoms with van der Waals surface area (Å²) in [5.41, 5.74) is 0. The zero-order chi connectivity index (χ0) is 17.6. The predicted octanol–water partition coefficient (Wildman–Crippen LogP) is 4.51. The molecule has 1 aliphatic heterocycles. The predicted molar refractivity (Wildman–Crippen MR) is 90.0 cm³/mol. The minimum absolute atomic E-state index is 0.0880. The first-order valence-corrected chi connectivity index (χ1v) is 9.35. The third-order valence-electron chi connectivity index (χ3n) is 4.14. The molecule has 0 aromatic heterocycles. The van der Waals surface area contributed by atoms with Crippen molar-refractivity contribution in [3.8, 4) is 0 Å². The van der Waals surface area contributed by atoms with Crippen molar-refractivity contribution >= 4 is 18.0 Å². The Morgan fingerprint density at radius 3 is 1.79 bits per heavy atom. The Morgan fingerprint density at radius 1 is 0.833 bits per heavy atom. The number of rotatable bonds is 13. The Kier molecular flexibility index (Phi) is 10.9. The summed E-state index contributed by atoms with van der Waals surface area (Å²) in [7, 11) is 0. The molecule has 0 aliphatic carbocycles. The highest BCUT2D eigenvalue weighted by Gasteiger charge is 2.33. The second-order valence-corrected chi connectivity index (χ2v) is 6.31. The topological polar surface area (TPSA) is 72.9 Å². The summed E-state index contributed by atoms with van der Waals surface area (Å²) in [6.07, 6.45) is 12.6. The highest BCUT2D eigenvalue weighted by atomic mass is 16.8. The minimum Gasteiger partial charge on any atom is -0.433 e. The number of carbonyl (C=O) groups is 3. The van der Waals surface area contributed by atoms with E-state index in [1.807, 2.05) is 0 Å². The number of hydrogen-bond acceptors (Lipinski definition) is 5. The van der Waals surface area contributed by atoms with Crippen molar-refractivity contribution in [3.05, 3.63) is 0 Å². The lowest BCUT2D eigenvalue weighted by Gasteiger charge is -2.12. The van der Waals surface area contributed by atoms with Crippen LogP contribution in [0.1, 0.15) is 90.4 Å². The molecule has 0 N–H and O–H groups in total. The summed E-state index contributed by atoms with van der Waals surface area (Å²) in [6.45, 7) is 2.49. The van der Waals surface area contributed by atoms with Gasteiger partial charge >= 0.3 is 6.16 Å². The van der Waals surface area contributed by atoms with Gasteiger partial charge in [0, 0.05) is 12.8 Å². The first-order chi connectivity index (χ1) is 11.6. The number of unbranched alkanes of at least 4 members (excludes halogenated alkanes) is 10. The van der Waals surface area contributed by atoms with Crippen LogP contribution in [0.2, 0.25) is 0 Å². The molecule has 6 nitrogen and oxygen atoms in total. The summed E-state index contributed by atoms with van der Waals surface area (Å²) in [6, 6.07) is 0. The van der Waals surface area contributed by atoms with E-state index < -0.39 is 18.0 Å². The van der Waals surface area contributed by atoms with Crippen molar-refractivity contribution in [2.24, 2.45) is 0 Å². The van der Waals surface area contributed by atoms with Gasteiger partial charge in [-0.2, -0.15) is 0 Å². The lowest BCUT2D eigenvalue weighted by atomic mass is 10.1. The molecule has 0 spiro atoms. The van der Waals surface area contributed by atoms with Gasteiger partial charge in [0.1, 0.15) is 0 Å². The smallest absolute Gasteiger partial charge is 0.433 e. The van der Waals surface area contributed by atoms with Crippen molar-refractivity contribution in [1.82, 2.24) is 5.06 Å². The van der Waals surface area contributed by atoms with Crippen LogP contribution < -0.4 is 0 Å². The Balaban J connectivity index is 1.87. The average Bonchev–Trinajstić information content (AvgIpc) is 2.88. The van der Waals surface area contributed by atoms with Crippen molar-refractivity contribution in [1.29, 1.82) is 0 Å². The van der Waals surface area contributed by atoms with E-state index >= 15 is 0 Å². The fourth-order valence-corrected chi connectivity index (χ4v) is 2.68. The van der Waals surface area contributed by atoms with E-state index in [0.717, 1.165) is 19.3 Å². The summed E-state index contributed by atoms with van der Waals surface area (Å²) >= 11 is 0. The van der Waals surface area contributed by atoms with Gasteiger partial charge in [0.05, 0.1) is 6.61 Å². The van der Waals surface area contributed by atoms with Gasteiger partial charge < -0.3 is 4.74 Å². The van der Waals surface area contributed by atoms with Crippen LogP contribution in [0.4, 0.5) is 4.79 Å². The van der Waals surface area contributed by atoms with E-state index in [2.05, 4.69) is 11.8 Å². The standard InChI is InChI=1S/C18H31NO5/c1-2-3-4-5-6-7-8-9-10-11-12-15-23-18(22)24-19-16(20)13-14-17(19)21/h2-15H2,1H3. The number of nitrogens with zero attached hydrogens (tertiary/aromatic N) is 1. The van der Waals surface area contributed by atoms with Crippen LogP contribution in [-0.4, -0.2) is 29.6 Å². The highest BCUT2D eigenvalue weighted by molar-refractivity contribution is 6.01. The van der Waals surface area contributed by atoms with Crippen molar-refractivity contribution < 1.29 is 24.0 Å². The van der Waals surface area contributed by atoms with Crippen molar-refractivity contribution in [2.45, 2.75) is 90.4 Å². The zero-order valence-electron chi connectivity index (χ0n) is 14.9. The van der Waals surface area contributed by atoms with Gasteiger partial charge in [0.25, 0.3) is 11.8 Å². The van der Waals surface area contributed by atoms with Crippen LogP contribution in [0, 0.1) is 0 Å². The molecule has 1 saturated heterocycles. The molecule has 1 fully saturated rings. The van der Waals surface area contributed by atoms with Gasteiger partial charge in [-0.05, 0) is 6.42 Å². The Morgan fingerprint density at radius 2 is 1.29 bits per heavy atom. The Labute approximate surface area is 144 Å². The highest BCUT2D eigenvalue weighted by Crippen LogP contribution is 2.13. The number of ether oxygens (including phenoxy) is 1. The van der Waals surface area contributed by atoms with Crippen LogP contribution in [0.25, 0.3) is 0 Å². The summed E-state index contributed by atoms with van der Waals surface area (Å²) in [5, 5.41) is 0.503. The van der Waals surface area contributed by atoms with Crippen LogP contribution in [-0.2, 0) is 19.2 Å². The molecular formula is C18H31NO5. The van der Waals surface area contributed by atoms with Crippen LogP contribution in [0.5, 0.6) is 0 Å². The number of hydroxylamine groups is 2. The second-order valence-electron chi connectivity index (χ2n) is 6.31. The van der Waals surface area contributed by atoms with Gasteiger partial charge in [-0.15, -0.1) is 0 Å². The fourth-order valence-electron chi connectivity index (χ4n) is 2.68. The molecule has 2 amide bonds. The quantitative estimate of drug-likeness (QED) is 0.280. The summed E-state index contributed by atoms with van der Waals surface area (Å²) in [5.74, 6) is -0.988. The molecule has 1 rings (SSSR count). The zero-order valence-corrected chi connectivity index (χ0v) is 14.9. The number of carbonyl (C=O) groups excluding carboxylic acids is 3. The maximum Gasteiger partial charge on any atom is 0.533 e. The molecule has 6 heteroatoms. The fraction of sp³-hybridized carbons (Fsp3) is 0.833. The van der Waals surface area contributed by atoms with E-state index in [4.69, 9.17) is 4.74 Å². The maximum absolute atomic E-state index is 11.4. The number of amides is 2. The summed E-state index contributed by atoms with van der Waals surface area (Å²) in [4.78, 5) is 38.5. The van der Waals surface area contributed by atoms with Crippen LogP contribution >= 0.6 is 0 Å². The molecule has 0 aromatic rings. The Hall–Kier alpha value is -1.59. The van der Waals surface area contributed by atoms with E-state index in [1.165, 1.54) is 51.4 Å². The molecule has 0 radical (unpaired) electrons. The monoisotopic (exact) mass is 341 g/mol. The van der Waals surface area contributed by atoms with E-state index in [0.29, 0.717) is 5.06 Å². The van der Waals surface area contributed by atoms with Gasteiger partial charge in [0.2, 0.25) is 0 Å². The van der Waals surface area contributed by atoms with Gasteiger partial charge in [-0.25, -0.2) is 4.79 Å². The van der Waals surface area contributed by atoms with Gasteiger partial charge in [0.15, 0.2) is 0 Å². The molecule has 0 saturated carbocycles. The lowest BCUT2D eigenvalue weighted by Crippen LogP contribution is -2.32. The third kappa shape index (κ3) is 8.89. The molecule has 1 aliphatic rings. The molecule has 0 atom stereocenters. The normalized spacial score (nSPS) is 14.3. The minimum atomic E-state index is -0.981. The molecule has 138 valence electrons. The van der Waals surface area contributed by atoms with E-state index in [1.54, 1.807) is 0 Å². The largest absolute Gasteiger partial charge is 0.533 e. The Bertz CT molecular complexity index is 381. The second kappa shape index (κ2) is 12.8. The van der Waals surface area contributed by atoms with Crippen molar-refractivity contribution in [2.75, 3.05) is 6.61 Å². The number of imide groups is 1. The summed E-state index contributed by atoms with van der Waals surface area (Å²) < 4.78 is 4.88. The third-order valence-corrected chi connectivity index (χ3v) is 4.14. The molecule has 0 unspecified atom stereocenters. The average molecular weight is 341 g/mol. The number of hydrogen-bond donors (Lipinski definition) is 0. The maximum atomic E-state index is 11.4.